The maximum Gasteiger partial charge on any atom is 0.237 e. The van der Waals surface area contributed by atoms with E-state index in [-0.39, 0.29) is 31.4 Å². The van der Waals surface area contributed by atoms with Gasteiger partial charge in [0.15, 0.2) is 0 Å². The zero-order valence-electron chi connectivity index (χ0n) is 16.3. The number of nitrogens with zero attached hydrogens (tertiary/aromatic N) is 1. The second kappa shape index (κ2) is 10.2. The summed E-state index contributed by atoms with van der Waals surface area (Å²) in [7, 11) is 0. The summed E-state index contributed by atoms with van der Waals surface area (Å²) in [6.07, 6.45) is -0.0234. The molecule has 0 aliphatic carbocycles. The van der Waals surface area contributed by atoms with Crippen molar-refractivity contribution in [3.05, 3.63) is 60.2 Å². The quantitative estimate of drug-likeness (QED) is 0.520. The zero-order valence-corrected chi connectivity index (χ0v) is 16.3. The fourth-order valence-electron chi connectivity index (χ4n) is 3.45. The molecule has 0 aromatic heterocycles. The molecule has 0 spiro atoms. The average molecular weight is 397 g/mol. The van der Waals surface area contributed by atoms with Gasteiger partial charge in [-0.3, -0.25) is 14.5 Å². The van der Waals surface area contributed by atoms with Crippen LogP contribution < -0.4 is 10.6 Å². The van der Waals surface area contributed by atoms with E-state index in [0.29, 0.717) is 19.6 Å². The van der Waals surface area contributed by atoms with Gasteiger partial charge >= 0.3 is 0 Å². The highest BCUT2D eigenvalue weighted by molar-refractivity contribution is 5.88. The van der Waals surface area contributed by atoms with E-state index in [1.165, 1.54) is 0 Å². The van der Waals surface area contributed by atoms with Crippen LogP contribution in [-0.2, 0) is 16.1 Å². The maximum absolute atomic E-state index is 12.4. The third kappa shape index (κ3) is 5.63. The normalized spacial score (nSPS) is 17.2. The van der Waals surface area contributed by atoms with Gasteiger partial charge in [-0.1, -0.05) is 54.6 Å². The number of aliphatic hydroxyl groups excluding tert-OH is 2. The fourth-order valence-corrected chi connectivity index (χ4v) is 3.45. The van der Waals surface area contributed by atoms with Crippen molar-refractivity contribution in [2.24, 2.45) is 0 Å². The summed E-state index contributed by atoms with van der Waals surface area (Å²) >= 11 is 0. The Labute approximate surface area is 170 Å². The number of piperazine rings is 1. The minimum absolute atomic E-state index is 0.0234. The SMILES string of the molecule is O=C(C[C@H]1C(=O)NCCN1Cc1ccc(-c2ccccc2)cc1)NC(CO)CO. The molecule has 1 aliphatic rings. The van der Waals surface area contributed by atoms with Gasteiger partial charge < -0.3 is 20.8 Å². The standard InChI is InChI=1S/C22H27N3O4/c26-14-19(15-27)24-21(28)12-20-22(29)23-10-11-25(20)13-16-6-8-18(9-7-16)17-4-2-1-3-5-17/h1-9,19-20,26-27H,10-15H2,(H,23,29)(H,24,28)/t20-/m0/s1. The summed E-state index contributed by atoms with van der Waals surface area (Å²) in [6.45, 7) is 1.04. The number of hydrogen-bond donors (Lipinski definition) is 4. The number of rotatable bonds is 8. The van der Waals surface area contributed by atoms with Crippen LogP contribution in [-0.4, -0.2) is 65.3 Å². The molecule has 1 atom stereocenters. The summed E-state index contributed by atoms with van der Waals surface area (Å²) < 4.78 is 0. The Balaban J connectivity index is 1.66. The summed E-state index contributed by atoms with van der Waals surface area (Å²) in [4.78, 5) is 26.6. The third-order valence-electron chi connectivity index (χ3n) is 5.07. The second-order valence-electron chi connectivity index (χ2n) is 7.17. The van der Waals surface area contributed by atoms with E-state index >= 15 is 0 Å². The van der Waals surface area contributed by atoms with Crippen LogP contribution in [0.3, 0.4) is 0 Å². The van der Waals surface area contributed by atoms with Crippen molar-refractivity contribution in [3.8, 4) is 11.1 Å². The number of nitrogens with one attached hydrogen (secondary N) is 2. The first-order chi connectivity index (χ1) is 14.1. The molecule has 2 aromatic carbocycles. The van der Waals surface area contributed by atoms with Crippen LogP contribution in [0, 0.1) is 0 Å². The smallest absolute Gasteiger partial charge is 0.237 e. The number of amides is 2. The minimum atomic E-state index is -0.715. The lowest BCUT2D eigenvalue weighted by Gasteiger charge is -2.35. The Morgan fingerprint density at radius 2 is 1.72 bits per heavy atom. The Hall–Kier alpha value is -2.74. The van der Waals surface area contributed by atoms with Crippen molar-refractivity contribution < 1.29 is 19.8 Å². The molecule has 4 N–H and O–H groups in total. The lowest BCUT2D eigenvalue weighted by molar-refractivity contribution is -0.134. The first-order valence-corrected chi connectivity index (χ1v) is 9.78. The van der Waals surface area contributed by atoms with E-state index in [1.54, 1.807) is 0 Å². The molecule has 2 aromatic rings. The van der Waals surface area contributed by atoms with Gasteiger partial charge in [-0.15, -0.1) is 0 Å². The molecule has 1 fully saturated rings. The van der Waals surface area contributed by atoms with Gasteiger partial charge in [0.05, 0.1) is 31.7 Å². The first kappa shape index (κ1) is 21.0. The van der Waals surface area contributed by atoms with Crippen molar-refractivity contribution in [1.82, 2.24) is 15.5 Å². The highest BCUT2D eigenvalue weighted by Crippen LogP contribution is 2.21. The van der Waals surface area contributed by atoms with Crippen molar-refractivity contribution in [1.29, 1.82) is 0 Å². The van der Waals surface area contributed by atoms with E-state index < -0.39 is 12.1 Å². The topological polar surface area (TPSA) is 102 Å². The second-order valence-corrected chi connectivity index (χ2v) is 7.17. The Kier molecular flexibility index (Phi) is 7.35. The number of aliphatic hydroxyl groups is 2. The third-order valence-corrected chi connectivity index (χ3v) is 5.07. The predicted octanol–water partition coefficient (Wildman–Crippen LogP) is 0.513. The highest BCUT2D eigenvalue weighted by atomic mass is 16.3. The van der Waals surface area contributed by atoms with Crippen LogP contribution in [0.2, 0.25) is 0 Å². The lowest BCUT2D eigenvalue weighted by Crippen LogP contribution is -2.56. The Morgan fingerprint density at radius 1 is 1.07 bits per heavy atom. The van der Waals surface area contributed by atoms with E-state index in [4.69, 9.17) is 10.2 Å². The molecule has 7 nitrogen and oxygen atoms in total. The number of hydrogen-bond acceptors (Lipinski definition) is 5. The molecule has 0 bridgehead atoms. The fraction of sp³-hybridized carbons (Fsp3) is 0.364. The monoisotopic (exact) mass is 397 g/mol. The first-order valence-electron chi connectivity index (χ1n) is 9.78. The van der Waals surface area contributed by atoms with E-state index in [9.17, 15) is 9.59 Å². The average Bonchev–Trinajstić information content (AvgIpc) is 2.75. The number of carbonyl (C=O) groups excluding carboxylic acids is 2. The van der Waals surface area contributed by atoms with E-state index in [0.717, 1.165) is 16.7 Å². The lowest BCUT2D eigenvalue weighted by atomic mass is 10.0. The molecule has 2 amide bonds. The van der Waals surface area contributed by atoms with Gasteiger partial charge in [0.1, 0.15) is 0 Å². The molecule has 0 unspecified atom stereocenters. The summed E-state index contributed by atoms with van der Waals surface area (Å²) in [5, 5.41) is 23.6. The van der Waals surface area contributed by atoms with Crippen LogP contribution in [0.5, 0.6) is 0 Å². The van der Waals surface area contributed by atoms with Crippen molar-refractivity contribution in [2.45, 2.75) is 25.0 Å². The number of benzene rings is 2. The van der Waals surface area contributed by atoms with Crippen LogP contribution in [0.4, 0.5) is 0 Å². The molecular weight excluding hydrogens is 370 g/mol. The predicted molar refractivity (Wildman–Crippen MR) is 110 cm³/mol. The highest BCUT2D eigenvalue weighted by Gasteiger charge is 2.32. The van der Waals surface area contributed by atoms with E-state index in [2.05, 4.69) is 34.9 Å². The van der Waals surface area contributed by atoms with Gasteiger partial charge in [0.2, 0.25) is 11.8 Å². The maximum atomic E-state index is 12.4. The molecule has 0 saturated carbocycles. The van der Waals surface area contributed by atoms with Gasteiger partial charge in [0, 0.05) is 19.6 Å². The largest absolute Gasteiger partial charge is 0.394 e. The summed E-state index contributed by atoms with van der Waals surface area (Å²) in [5.74, 6) is -0.554. The molecule has 154 valence electrons. The van der Waals surface area contributed by atoms with Gasteiger partial charge in [0.25, 0.3) is 0 Å². The molecule has 0 radical (unpaired) electrons. The minimum Gasteiger partial charge on any atom is -0.394 e. The van der Waals surface area contributed by atoms with E-state index in [1.807, 2.05) is 35.2 Å². The summed E-state index contributed by atoms with van der Waals surface area (Å²) in [5.41, 5.74) is 3.34. The van der Waals surface area contributed by atoms with Crippen molar-refractivity contribution in [2.75, 3.05) is 26.3 Å². The van der Waals surface area contributed by atoms with Crippen molar-refractivity contribution in [3.63, 3.8) is 0 Å². The molecule has 3 rings (SSSR count). The van der Waals surface area contributed by atoms with Crippen LogP contribution >= 0.6 is 0 Å². The molecule has 7 heteroatoms. The molecule has 29 heavy (non-hydrogen) atoms. The van der Waals surface area contributed by atoms with Crippen molar-refractivity contribution >= 4 is 11.8 Å². The van der Waals surface area contributed by atoms with Gasteiger partial charge in [-0.05, 0) is 16.7 Å². The van der Waals surface area contributed by atoms with Crippen LogP contribution in [0.25, 0.3) is 11.1 Å². The van der Waals surface area contributed by atoms with Crippen LogP contribution in [0.15, 0.2) is 54.6 Å². The number of carbonyl (C=O) groups is 2. The van der Waals surface area contributed by atoms with Gasteiger partial charge in [-0.2, -0.15) is 0 Å². The Bertz CT molecular complexity index is 807. The molecular formula is C22H27N3O4. The van der Waals surface area contributed by atoms with Crippen LogP contribution in [0.1, 0.15) is 12.0 Å². The molecule has 1 aliphatic heterocycles. The molecule has 1 heterocycles. The summed E-state index contributed by atoms with van der Waals surface area (Å²) in [6, 6.07) is 17.0. The molecule has 1 saturated heterocycles. The van der Waals surface area contributed by atoms with Gasteiger partial charge in [-0.25, -0.2) is 0 Å². The Morgan fingerprint density at radius 3 is 2.38 bits per heavy atom. The zero-order chi connectivity index (χ0) is 20.6.